The number of benzene rings is 1. The molecule has 0 bridgehead atoms. The van der Waals surface area contributed by atoms with Crippen LogP contribution in [0.4, 0.5) is 10.2 Å². The van der Waals surface area contributed by atoms with Gasteiger partial charge in [-0.25, -0.2) is 5.54 Å². The van der Waals surface area contributed by atoms with Gasteiger partial charge in [0.15, 0.2) is 0 Å². The minimum absolute atomic E-state index is 0.127. The highest BCUT2D eigenvalue weighted by Crippen LogP contribution is 2.13. The molecule has 0 saturated heterocycles. The smallest absolute Gasteiger partial charge is 0.282 e. The van der Waals surface area contributed by atoms with Gasteiger partial charge in [0.25, 0.3) is 10.1 Å². The molecule has 0 aromatic heterocycles. The predicted octanol–water partition coefficient (Wildman–Crippen LogP) is 1.23. The minimum Gasteiger partial charge on any atom is -0.282 e. The lowest BCUT2D eigenvalue weighted by molar-refractivity contribution is 0.483. The zero-order valence-electron chi connectivity index (χ0n) is 5.86. The van der Waals surface area contributed by atoms with E-state index in [0.29, 0.717) is 0 Å². The molecule has 2 N–H and O–H groups in total. The average Bonchev–Trinajstić information content (AvgIpc) is 2.03. The van der Waals surface area contributed by atoms with Crippen LogP contribution in [0.1, 0.15) is 0 Å². The van der Waals surface area contributed by atoms with Crippen molar-refractivity contribution in [3.63, 3.8) is 0 Å². The number of anilines is 1. The number of hydrogen-bond acceptors (Lipinski definition) is 3. The Kier molecular flexibility index (Phi) is 2.30. The number of rotatable bonds is 2. The Morgan fingerprint density at radius 1 is 1.25 bits per heavy atom. The Morgan fingerprint density at radius 3 is 2.08 bits per heavy atom. The second-order valence-corrected chi connectivity index (χ2v) is 3.52. The molecule has 12 heavy (non-hydrogen) atoms. The Morgan fingerprint density at radius 2 is 1.75 bits per heavy atom. The molecule has 0 aliphatic heterocycles. The highest BCUT2D eigenvalue weighted by Gasteiger charge is 2.07. The van der Waals surface area contributed by atoms with Gasteiger partial charge < -0.3 is 0 Å². The van der Waals surface area contributed by atoms with Crippen LogP contribution in [0.5, 0.6) is 0 Å². The van der Waals surface area contributed by atoms with E-state index in [1.165, 1.54) is 17.7 Å². The number of nitrogens with one attached hydrogen (secondary N) is 1. The van der Waals surface area contributed by atoms with E-state index in [9.17, 15) is 12.9 Å². The first kappa shape index (κ1) is 8.95. The molecule has 0 radical (unpaired) electrons. The van der Waals surface area contributed by atoms with Gasteiger partial charge in [-0.1, -0.05) is 0 Å². The molecule has 0 saturated carbocycles. The molecule has 0 heterocycles. The average molecular weight is 191 g/mol. The van der Waals surface area contributed by atoms with Crippen molar-refractivity contribution in [1.29, 1.82) is 0 Å². The van der Waals surface area contributed by atoms with Crippen molar-refractivity contribution < 1.29 is 17.5 Å². The molecular weight excluding hydrogens is 185 g/mol. The summed E-state index contributed by atoms with van der Waals surface area (Å²) in [6.07, 6.45) is 0. The lowest BCUT2D eigenvalue weighted by atomic mass is 10.3. The molecule has 0 amide bonds. The van der Waals surface area contributed by atoms with E-state index in [1.807, 2.05) is 0 Å². The van der Waals surface area contributed by atoms with E-state index in [-0.39, 0.29) is 10.6 Å². The zero-order valence-corrected chi connectivity index (χ0v) is 6.68. The van der Waals surface area contributed by atoms with Crippen LogP contribution in [0.3, 0.4) is 0 Å². The summed E-state index contributed by atoms with van der Waals surface area (Å²) in [6.45, 7) is 0. The summed E-state index contributed by atoms with van der Waals surface area (Å²) >= 11 is 0. The maximum absolute atomic E-state index is 11.7. The molecule has 0 spiro atoms. The largest absolute Gasteiger partial charge is 0.294 e. The van der Waals surface area contributed by atoms with Gasteiger partial charge in [-0.05, 0) is 24.3 Å². The van der Waals surface area contributed by atoms with Gasteiger partial charge in [0, 0.05) is 0 Å². The van der Waals surface area contributed by atoms with Crippen LogP contribution >= 0.6 is 0 Å². The van der Waals surface area contributed by atoms with Gasteiger partial charge in [-0.2, -0.15) is 8.42 Å². The first-order valence-corrected chi connectivity index (χ1v) is 4.42. The van der Waals surface area contributed by atoms with Crippen LogP contribution < -0.4 is 5.54 Å². The molecule has 0 atom stereocenters. The number of halogens is 1. The van der Waals surface area contributed by atoms with E-state index in [0.717, 1.165) is 12.1 Å². The van der Waals surface area contributed by atoms with Gasteiger partial charge in [0.2, 0.25) is 0 Å². The van der Waals surface area contributed by atoms with Crippen LogP contribution in [0.2, 0.25) is 0 Å². The van der Waals surface area contributed by atoms with Gasteiger partial charge in [0.05, 0.1) is 10.6 Å². The van der Waals surface area contributed by atoms with E-state index in [2.05, 4.69) is 0 Å². The van der Waals surface area contributed by atoms with Crippen molar-refractivity contribution in [2.75, 3.05) is 5.54 Å². The topological polar surface area (TPSA) is 66.4 Å². The third kappa shape index (κ3) is 1.93. The van der Waals surface area contributed by atoms with E-state index < -0.39 is 10.1 Å². The quantitative estimate of drug-likeness (QED) is 0.545. The van der Waals surface area contributed by atoms with Gasteiger partial charge >= 0.3 is 0 Å². The molecule has 0 fully saturated rings. The normalized spacial score (nSPS) is 11.2. The summed E-state index contributed by atoms with van der Waals surface area (Å²) in [4.78, 5) is -0.262. The molecule has 1 aromatic rings. The molecule has 0 unspecified atom stereocenters. The summed E-state index contributed by atoms with van der Waals surface area (Å²) < 4.78 is 41.2. The first-order chi connectivity index (χ1) is 5.54. The van der Waals surface area contributed by atoms with Crippen LogP contribution in [0.15, 0.2) is 29.2 Å². The molecule has 66 valence electrons. The fourth-order valence-corrected chi connectivity index (χ4v) is 1.17. The van der Waals surface area contributed by atoms with Gasteiger partial charge in [-0.15, -0.1) is 4.48 Å². The summed E-state index contributed by atoms with van der Waals surface area (Å²) in [7, 11) is -4.18. The molecule has 1 rings (SSSR count). The Balaban J connectivity index is 3.09. The van der Waals surface area contributed by atoms with Gasteiger partial charge in [-0.3, -0.25) is 4.55 Å². The SMILES string of the molecule is O=S(=O)(O)c1ccc(NF)cc1. The number of hydrogen-bond donors (Lipinski definition) is 2. The standard InChI is InChI=1S/C6H6FNO3S/c7-8-5-1-3-6(4-2-5)12(9,10)11/h1-4,8H,(H,9,10,11). The predicted molar refractivity (Wildman–Crippen MR) is 41.0 cm³/mol. The highest BCUT2D eigenvalue weighted by molar-refractivity contribution is 7.85. The summed E-state index contributed by atoms with van der Waals surface area (Å²) in [6, 6.07) is 4.58. The summed E-state index contributed by atoms with van der Waals surface area (Å²) in [5, 5.41) is 0. The van der Waals surface area contributed by atoms with Crippen molar-refractivity contribution >= 4 is 15.8 Å². The second-order valence-electron chi connectivity index (χ2n) is 2.09. The van der Waals surface area contributed by atoms with Gasteiger partial charge in [0.1, 0.15) is 0 Å². The van der Waals surface area contributed by atoms with Crippen LogP contribution in [-0.2, 0) is 10.1 Å². The van der Waals surface area contributed by atoms with E-state index in [1.54, 1.807) is 0 Å². The van der Waals surface area contributed by atoms with Crippen LogP contribution in [0.25, 0.3) is 0 Å². The monoisotopic (exact) mass is 191 g/mol. The van der Waals surface area contributed by atoms with Crippen molar-refractivity contribution in [1.82, 2.24) is 0 Å². The van der Waals surface area contributed by atoms with Crippen molar-refractivity contribution in [2.24, 2.45) is 0 Å². The summed E-state index contributed by atoms with van der Waals surface area (Å²) in [5.41, 5.74) is 1.46. The van der Waals surface area contributed by atoms with Crippen molar-refractivity contribution in [3.05, 3.63) is 24.3 Å². The molecule has 0 aliphatic carbocycles. The Bertz CT molecular complexity index is 359. The maximum Gasteiger partial charge on any atom is 0.294 e. The van der Waals surface area contributed by atoms with Crippen LogP contribution in [0, 0.1) is 0 Å². The third-order valence-corrected chi connectivity index (χ3v) is 2.13. The van der Waals surface area contributed by atoms with E-state index in [4.69, 9.17) is 4.55 Å². The first-order valence-electron chi connectivity index (χ1n) is 2.98. The minimum atomic E-state index is -4.18. The van der Waals surface area contributed by atoms with Crippen molar-refractivity contribution in [3.8, 4) is 0 Å². The van der Waals surface area contributed by atoms with Crippen molar-refractivity contribution in [2.45, 2.75) is 4.90 Å². The van der Waals surface area contributed by atoms with E-state index >= 15 is 0 Å². The third-order valence-electron chi connectivity index (χ3n) is 1.26. The Hall–Kier alpha value is -1.14. The summed E-state index contributed by atoms with van der Waals surface area (Å²) in [5.74, 6) is 0. The molecule has 0 aliphatic rings. The van der Waals surface area contributed by atoms with Crippen LogP contribution in [-0.4, -0.2) is 13.0 Å². The Labute approximate surface area is 68.7 Å². The molecular formula is C6H6FNO3S. The fraction of sp³-hybridized carbons (Fsp3) is 0. The second kappa shape index (κ2) is 3.08. The molecule has 6 heteroatoms. The molecule has 4 nitrogen and oxygen atoms in total. The lowest BCUT2D eigenvalue weighted by Gasteiger charge is -1.97. The molecule has 1 aromatic carbocycles. The zero-order chi connectivity index (χ0) is 9.19. The maximum atomic E-state index is 11.7. The fourth-order valence-electron chi connectivity index (χ4n) is 0.690. The lowest BCUT2D eigenvalue weighted by Crippen LogP contribution is -1.97. The highest BCUT2D eigenvalue weighted by atomic mass is 32.2.